The van der Waals surface area contributed by atoms with Crippen LogP contribution in [0.15, 0.2) is 66.4 Å². The molecule has 3 atom stereocenters. The number of methoxy groups -OCH3 is 1. The van der Waals surface area contributed by atoms with Crippen LogP contribution in [0.25, 0.3) is 0 Å². The number of likely N-dealkylation sites (N-methyl/N-ethyl adjacent to an activating group) is 1. The summed E-state index contributed by atoms with van der Waals surface area (Å²) in [5, 5.41) is 2.89. The molecule has 0 fully saturated rings. The Bertz CT molecular complexity index is 1480. The lowest BCUT2D eigenvalue weighted by molar-refractivity contribution is -0.401. The molecule has 8 nitrogen and oxygen atoms in total. The van der Waals surface area contributed by atoms with Crippen molar-refractivity contribution in [1.82, 2.24) is 5.32 Å². The molecule has 2 aromatic carbocycles. The lowest BCUT2D eigenvalue weighted by Crippen LogP contribution is -2.46. The van der Waals surface area contributed by atoms with Crippen LogP contribution in [0, 0.1) is 0 Å². The average Bonchev–Trinajstić information content (AvgIpc) is 3.21. The summed E-state index contributed by atoms with van der Waals surface area (Å²) in [6, 6.07) is 13.5. The first-order chi connectivity index (χ1) is 19.1. The first-order valence-electron chi connectivity index (χ1n) is 13.8. The summed E-state index contributed by atoms with van der Waals surface area (Å²) in [6.45, 7) is 11.5. The number of para-hydroxylation sites is 1. The van der Waals surface area contributed by atoms with Gasteiger partial charge in [-0.05, 0) is 50.6 Å². The second kappa shape index (κ2) is 11.3. The predicted molar refractivity (Wildman–Crippen MR) is 163 cm³/mol. The highest BCUT2D eigenvalue weighted by atomic mass is 31.2. The first-order valence-corrected chi connectivity index (χ1v) is 15.8. The Labute approximate surface area is 243 Å². The molecular formula is C32H42N3O5P. The maximum absolute atomic E-state index is 13.3. The molecule has 0 radical (unpaired) electrons. The van der Waals surface area contributed by atoms with Crippen LogP contribution in [-0.2, 0) is 24.7 Å². The first kappa shape index (κ1) is 30.9. The number of nitrogens with zero attached hydrogens (tertiary/aromatic N) is 2. The van der Waals surface area contributed by atoms with Crippen molar-refractivity contribution < 1.29 is 28.1 Å². The van der Waals surface area contributed by atoms with Gasteiger partial charge in [-0.15, -0.1) is 0 Å². The molecule has 2 heterocycles. The second-order valence-corrected chi connectivity index (χ2v) is 13.8. The van der Waals surface area contributed by atoms with Crippen LogP contribution < -0.4 is 15.1 Å². The lowest BCUT2D eigenvalue weighted by atomic mass is 9.81. The van der Waals surface area contributed by atoms with Gasteiger partial charge in [-0.2, -0.15) is 4.58 Å². The molecule has 1 amide bonds. The number of carbonyl (C=O) groups is 1. The van der Waals surface area contributed by atoms with Crippen LogP contribution in [0.2, 0.25) is 0 Å². The summed E-state index contributed by atoms with van der Waals surface area (Å²) in [7, 11) is 1.67. The smallest absolute Gasteiger partial charge is 0.251 e. The lowest BCUT2D eigenvalue weighted by Gasteiger charge is -2.29. The number of anilines is 1. The maximum Gasteiger partial charge on any atom is 0.251 e. The summed E-state index contributed by atoms with van der Waals surface area (Å²) in [6.07, 6.45) is 5.68. The van der Waals surface area contributed by atoms with Gasteiger partial charge in [0.1, 0.15) is 14.6 Å². The van der Waals surface area contributed by atoms with Gasteiger partial charge in [-0.3, -0.25) is 4.79 Å². The number of carbonyl (C=O) groups excluding carboxylic acids is 1. The SMILES string of the molecule is COCC(NC(=O)c1ccc2c(c1)C(C)(C)/C(=C\C=C\C1=[N+](C)c3ccccc3C1(C)C)N2C)C(C)OP(C)(=O)[O-]. The molecule has 0 aromatic heterocycles. The van der Waals surface area contributed by atoms with Crippen molar-refractivity contribution in [2.24, 2.45) is 0 Å². The van der Waals surface area contributed by atoms with Gasteiger partial charge in [0.05, 0.1) is 24.2 Å². The van der Waals surface area contributed by atoms with E-state index in [1.54, 1.807) is 13.0 Å². The molecule has 2 aliphatic rings. The topological polar surface area (TPSA) is 93.9 Å². The monoisotopic (exact) mass is 579 g/mol. The highest BCUT2D eigenvalue weighted by molar-refractivity contribution is 7.50. The van der Waals surface area contributed by atoms with Crippen molar-refractivity contribution in [2.45, 2.75) is 57.6 Å². The molecule has 0 saturated heterocycles. The highest BCUT2D eigenvalue weighted by Crippen LogP contribution is 2.47. The highest BCUT2D eigenvalue weighted by Gasteiger charge is 2.43. The molecule has 4 rings (SSSR count). The summed E-state index contributed by atoms with van der Waals surface area (Å²) < 4.78 is 24.2. The largest absolute Gasteiger partial charge is 0.779 e. The molecular weight excluding hydrogens is 537 g/mol. The molecule has 220 valence electrons. The molecule has 2 aliphatic heterocycles. The van der Waals surface area contributed by atoms with Crippen molar-refractivity contribution >= 4 is 30.6 Å². The van der Waals surface area contributed by atoms with Crippen LogP contribution >= 0.6 is 7.60 Å². The number of hydrogen-bond donors (Lipinski definition) is 1. The van der Waals surface area contributed by atoms with Gasteiger partial charge in [-0.1, -0.05) is 38.1 Å². The number of allylic oxidation sites excluding steroid dienone is 4. The molecule has 0 bridgehead atoms. The third kappa shape index (κ3) is 5.98. The van der Waals surface area contributed by atoms with Crippen molar-refractivity contribution in [1.29, 1.82) is 0 Å². The van der Waals surface area contributed by atoms with E-state index in [4.69, 9.17) is 9.26 Å². The van der Waals surface area contributed by atoms with Crippen LogP contribution in [0.4, 0.5) is 11.4 Å². The minimum absolute atomic E-state index is 0.104. The predicted octanol–water partition coefficient (Wildman–Crippen LogP) is 4.89. The minimum atomic E-state index is -3.98. The molecule has 1 N–H and O–H groups in total. The minimum Gasteiger partial charge on any atom is -0.779 e. The van der Waals surface area contributed by atoms with E-state index in [0.29, 0.717) is 5.56 Å². The van der Waals surface area contributed by atoms with Gasteiger partial charge in [0.2, 0.25) is 5.69 Å². The van der Waals surface area contributed by atoms with Crippen molar-refractivity contribution in [2.75, 3.05) is 39.4 Å². The third-order valence-corrected chi connectivity index (χ3v) is 9.05. The van der Waals surface area contributed by atoms with Gasteiger partial charge in [-0.25, -0.2) is 0 Å². The average molecular weight is 580 g/mol. The summed E-state index contributed by atoms with van der Waals surface area (Å²) in [5.74, 6) is -0.319. The fourth-order valence-electron chi connectivity index (χ4n) is 6.11. The Kier molecular flexibility index (Phi) is 8.55. The number of rotatable bonds is 9. The van der Waals surface area contributed by atoms with E-state index in [1.807, 2.05) is 19.2 Å². The number of fused-ring (bicyclic) bond motifs is 2. The standard InChI is InChI=1S/C32H42N3O5P/c1-21(40-41(9,37)38)25(20-39-8)33-30(36)22-17-18-27-24(19-22)32(4,5)29(35(27)7)16-12-15-28-31(2,3)23-13-10-11-14-26(23)34(28)6/h10-19,21,25H,20H2,1-9H3,(H-,33,36,37,38). The fraction of sp³-hybridized carbons (Fsp3) is 0.438. The summed E-state index contributed by atoms with van der Waals surface area (Å²) in [5.41, 5.74) is 6.99. The summed E-state index contributed by atoms with van der Waals surface area (Å²) >= 11 is 0. The van der Waals surface area contributed by atoms with Gasteiger partial charge in [0.15, 0.2) is 5.71 Å². The van der Waals surface area contributed by atoms with Gasteiger partial charge in [0.25, 0.3) is 5.91 Å². The molecule has 3 unspecified atom stereocenters. The van der Waals surface area contributed by atoms with E-state index < -0.39 is 19.7 Å². The zero-order valence-electron chi connectivity index (χ0n) is 25.5. The van der Waals surface area contributed by atoms with Crippen LogP contribution in [0.1, 0.15) is 56.1 Å². The number of hydrogen-bond acceptors (Lipinski definition) is 6. The molecule has 2 aromatic rings. The van der Waals surface area contributed by atoms with Crippen molar-refractivity contribution in [3.05, 3.63) is 83.1 Å². The molecule has 0 spiro atoms. The quantitative estimate of drug-likeness (QED) is 0.336. The van der Waals surface area contributed by atoms with Gasteiger partial charge >= 0.3 is 0 Å². The van der Waals surface area contributed by atoms with Crippen molar-refractivity contribution in [3.8, 4) is 0 Å². The number of ether oxygens (including phenoxy) is 1. The normalized spacial score (nSPS) is 21.1. The Morgan fingerprint density at radius 1 is 1.15 bits per heavy atom. The van der Waals surface area contributed by atoms with Crippen LogP contribution in [0.5, 0.6) is 0 Å². The van der Waals surface area contributed by atoms with E-state index in [1.165, 1.54) is 24.1 Å². The molecule has 0 aliphatic carbocycles. The number of amides is 1. The van der Waals surface area contributed by atoms with E-state index in [-0.39, 0.29) is 23.3 Å². The second-order valence-electron chi connectivity index (χ2n) is 12.0. The van der Waals surface area contributed by atoms with Gasteiger partial charge in [0, 0.05) is 60.9 Å². The fourth-order valence-corrected chi connectivity index (χ4v) is 6.86. The van der Waals surface area contributed by atoms with E-state index in [2.05, 4.69) is 92.0 Å². The Balaban J connectivity index is 1.58. The zero-order chi connectivity index (χ0) is 30.3. The zero-order valence-corrected chi connectivity index (χ0v) is 26.4. The molecule has 0 saturated carbocycles. The van der Waals surface area contributed by atoms with Gasteiger partial charge < -0.3 is 28.9 Å². The van der Waals surface area contributed by atoms with E-state index in [9.17, 15) is 14.3 Å². The van der Waals surface area contributed by atoms with Crippen LogP contribution in [-0.4, -0.2) is 62.8 Å². The number of nitrogens with one attached hydrogen (secondary N) is 1. The Morgan fingerprint density at radius 3 is 2.46 bits per heavy atom. The van der Waals surface area contributed by atoms with Crippen LogP contribution in [0.3, 0.4) is 0 Å². The van der Waals surface area contributed by atoms with E-state index in [0.717, 1.165) is 23.6 Å². The Hall–Kier alpha value is -3.03. The summed E-state index contributed by atoms with van der Waals surface area (Å²) in [4.78, 5) is 27.1. The maximum atomic E-state index is 13.3. The van der Waals surface area contributed by atoms with E-state index >= 15 is 0 Å². The third-order valence-electron chi connectivity index (χ3n) is 8.33. The van der Waals surface area contributed by atoms with Crippen molar-refractivity contribution in [3.63, 3.8) is 0 Å². The number of benzene rings is 2. The molecule has 9 heteroatoms. The molecule has 41 heavy (non-hydrogen) atoms. The Morgan fingerprint density at radius 2 is 1.83 bits per heavy atom.